The first kappa shape index (κ1) is 12.7. The van der Waals surface area contributed by atoms with E-state index in [1.807, 2.05) is 0 Å². The van der Waals surface area contributed by atoms with Crippen LogP contribution in [0.1, 0.15) is 21.5 Å². The zero-order chi connectivity index (χ0) is 12.3. The minimum atomic E-state index is -3.32. The van der Waals surface area contributed by atoms with E-state index >= 15 is 0 Å². The molecule has 0 heterocycles. The second-order valence-electron chi connectivity index (χ2n) is 3.50. The van der Waals surface area contributed by atoms with Crippen LogP contribution in [0.4, 0.5) is 0 Å². The number of rotatable bonds is 4. The van der Waals surface area contributed by atoms with Gasteiger partial charge in [0.05, 0.1) is 11.8 Å². The summed E-state index contributed by atoms with van der Waals surface area (Å²) >= 11 is 0. The minimum absolute atomic E-state index is 0.00681. The molecule has 0 saturated carbocycles. The number of hydrogen-bond donors (Lipinski definition) is 2. The van der Waals surface area contributed by atoms with Crippen LogP contribution in [0.25, 0.3) is 0 Å². The number of nitrogens with one attached hydrogen (secondary N) is 1. The van der Waals surface area contributed by atoms with Gasteiger partial charge in [-0.3, -0.25) is 0 Å². The Balaban J connectivity index is 3.07. The molecule has 0 spiro atoms. The van der Waals surface area contributed by atoms with E-state index in [0.29, 0.717) is 5.56 Å². The quantitative estimate of drug-likeness (QED) is 0.817. The number of sulfonamides is 1. The van der Waals surface area contributed by atoms with Crippen molar-refractivity contribution in [2.45, 2.75) is 13.5 Å². The monoisotopic (exact) mass is 243 g/mol. The van der Waals surface area contributed by atoms with Gasteiger partial charge in [0.1, 0.15) is 0 Å². The first-order chi connectivity index (χ1) is 7.31. The number of aromatic carboxylic acids is 1. The van der Waals surface area contributed by atoms with Crippen molar-refractivity contribution in [3.63, 3.8) is 0 Å². The van der Waals surface area contributed by atoms with Crippen molar-refractivity contribution in [1.82, 2.24) is 4.72 Å². The molecule has 0 unspecified atom stereocenters. The molecular weight excluding hydrogens is 230 g/mol. The van der Waals surface area contributed by atoms with E-state index in [1.54, 1.807) is 19.1 Å². The van der Waals surface area contributed by atoms with E-state index in [-0.39, 0.29) is 12.1 Å². The van der Waals surface area contributed by atoms with Crippen molar-refractivity contribution in [2.24, 2.45) is 0 Å². The molecule has 0 aromatic heterocycles. The minimum Gasteiger partial charge on any atom is -0.478 e. The predicted molar refractivity (Wildman–Crippen MR) is 59.8 cm³/mol. The second kappa shape index (κ2) is 4.63. The van der Waals surface area contributed by atoms with Gasteiger partial charge in [0, 0.05) is 6.54 Å². The summed E-state index contributed by atoms with van der Waals surface area (Å²) < 4.78 is 24.2. The average molecular weight is 243 g/mol. The van der Waals surface area contributed by atoms with Crippen LogP contribution >= 0.6 is 0 Å². The van der Waals surface area contributed by atoms with Crippen LogP contribution < -0.4 is 4.72 Å². The number of carboxylic acids is 1. The van der Waals surface area contributed by atoms with Crippen LogP contribution in [0.5, 0.6) is 0 Å². The predicted octanol–water partition coefficient (Wildman–Crippen LogP) is 0.742. The summed E-state index contributed by atoms with van der Waals surface area (Å²) in [5.74, 6) is -1.06. The van der Waals surface area contributed by atoms with E-state index in [0.717, 1.165) is 11.8 Å². The average Bonchev–Trinajstić information content (AvgIpc) is 2.13. The van der Waals surface area contributed by atoms with Crippen LogP contribution in [0.3, 0.4) is 0 Å². The Morgan fingerprint density at radius 3 is 2.56 bits per heavy atom. The first-order valence-electron chi connectivity index (χ1n) is 4.57. The van der Waals surface area contributed by atoms with Crippen molar-refractivity contribution >= 4 is 16.0 Å². The Hall–Kier alpha value is -1.40. The molecule has 0 bridgehead atoms. The summed E-state index contributed by atoms with van der Waals surface area (Å²) in [4.78, 5) is 10.9. The molecule has 0 radical (unpaired) electrons. The third-order valence-corrected chi connectivity index (χ3v) is 2.82. The molecule has 2 N–H and O–H groups in total. The van der Waals surface area contributed by atoms with Crippen LogP contribution in [-0.2, 0) is 16.6 Å². The smallest absolute Gasteiger partial charge is 0.336 e. The summed E-state index contributed by atoms with van der Waals surface area (Å²) in [5, 5.41) is 8.94. The lowest BCUT2D eigenvalue weighted by atomic mass is 10.0. The van der Waals surface area contributed by atoms with Gasteiger partial charge < -0.3 is 5.11 Å². The highest BCUT2D eigenvalue weighted by molar-refractivity contribution is 7.88. The van der Waals surface area contributed by atoms with Gasteiger partial charge in [-0.15, -0.1) is 0 Å². The fourth-order valence-electron chi connectivity index (χ4n) is 1.34. The lowest BCUT2D eigenvalue weighted by molar-refractivity contribution is 0.0695. The standard InChI is InChI=1S/C10H13NO4S/c1-7-4-3-5-8(10(12)13)9(7)6-11-16(2,14)15/h3-5,11H,6H2,1-2H3,(H,12,13). The molecular formula is C10H13NO4S. The number of benzene rings is 1. The Labute approximate surface area is 94.2 Å². The highest BCUT2D eigenvalue weighted by atomic mass is 32.2. The zero-order valence-electron chi connectivity index (χ0n) is 9.02. The maximum atomic E-state index is 10.9. The Bertz CT molecular complexity index is 508. The number of carboxylic acid groups (broad SMARTS) is 1. The summed E-state index contributed by atoms with van der Waals surface area (Å²) in [5.41, 5.74) is 1.35. The lowest BCUT2D eigenvalue weighted by Gasteiger charge is -2.09. The van der Waals surface area contributed by atoms with Crippen molar-refractivity contribution in [1.29, 1.82) is 0 Å². The maximum Gasteiger partial charge on any atom is 0.336 e. The van der Waals surface area contributed by atoms with Gasteiger partial charge in [-0.05, 0) is 24.1 Å². The van der Waals surface area contributed by atoms with Crippen LogP contribution in [0.15, 0.2) is 18.2 Å². The van der Waals surface area contributed by atoms with E-state index in [9.17, 15) is 13.2 Å². The Kier molecular flexibility index (Phi) is 3.66. The highest BCUT2D eigenvalue weighted by Gasteiger charge is 2.12. The van der Waals surface area contributed by atoms with Gasteiger partial charge in [0.25, 0.3) is 0 Å². The van der Waals surface area contributed by atoms with Gasteiger partial charge in [-0.25, -0.2) is 17.9 Å². The summed E-state index contributed by atoms with van der Waals surface area (Å²) in [6.45, 7) is 1.73. The van der Waals surface area contributed by atoms with E-state index in [4.69, 9.17) is 5.11 Å². The van der Waals surface area contributed by atoms with Gasteiger partial charge >= 0.3 is 5.97 Å². The molecule has 16 heavy (non-hydrogen) atoms. The molecule has 1 aromatic rings. The fraction of sp³-hybridized carbons (Fsp3) is 0.300. The van der Waals surface area contributed by atoms with Crippen LogP contribution in [0.2, 0.25) is 0 Å². The van der Waals surface area contributed by atoms with Gasteiger partial charge in [-0.2, -0.15) is 0 Å². The van der Waals surface area contributed by atoms with Gasteiger partial charge in [-0.1, -0.05) is 12.1 Å². The van der Waals surface area contributed by atoms with Crippen LogP contribution in [0, 0.1) is 6.92 Å². The fourth-order valence-corrected chi connectivity index (χ4v) is 1.75. The summed E-state index contributed by atoms with van der Waals surface area (Å²) in [6, 6.07) is 4.82. The van der Waals surface area contributed by atoms with Crippen molar-refractivity contribution in [3.8, 4) is 0 Å². The van der Waals surface area contributed by atoms with E-state index in [1.165, 1.54) is 6.07 Å². The van der Waals surface area contributed by atoms with E-state index < -0.39 is 16.0 Å². The molecule has 0 amide bonds. The molecule has 5 nitrogen and oxygen atoms in total. The molecule has 0 aliphatic rings. The largest absolute Gasteiger partial charge is 0.478 e. The summed E-state index contributed by atoms with van der Waals surface area (Å²) in [7, 11) is -3.32. The molecule has 0 saturated heterocycles. The molecule has 88 valence electrons. The van der Waals surface area contributed by atoms with Crippen LogP contribution in [-0.4, -0.2) is 25.7 Å². The number of carbonyl (C=O) groups is 1. The molecule has 0 aliphatic heterocycles. The van der Waals surface area contributed by atoms with Gasteiger partial charge in [0.2, 0.25) is 10.0 Å². The number of aryl methyl sites for hydroxylation is 1. The SMILES string of the molecule is Cc1cccc(C(=O)O)c1CNS(C)(=O)=O. The van der Waals surface area contributed by atoms with Crippen molar-refractivity contribution in [3.05, 3.63) is 34.9 Å². The summed E-state index contributed by atoms with van der Waals surface area (Å²) in [6.07, 6.45) is 1.03. The third-order valence-electron chi connectivity index (χ3n) is 2.15. The lowest BCUT2D eigenvalue weighted by Crippen LogP contribution is -2.23. The zero-order valence-corrected chi connectivity index (χ0v) is 9.84. The highest BCUT2D eigenvalue weighted by Crippen LogP contribution is 2.14. The molecule has 0 atom stereocenters. The molecule has 6 heteroatoms. The molecule has 1 rings (SSSR count). The van der Waals surface area contributed by atoms with Gasteiger partial charge in [0.15, 0.2) is 0 Å². The Morgan fingerprint density at radius 2 is 2.06 bits per heavy atom. The Morgan fingerprint density at radius 1 is 1.44 bits per heavy atom. The first-order valence-corrected chi connectivity index (χ1v) is 6.47. The molecule has 0 aliphatic carbocycles. The second-order valence-corrected chi connectivity index (χ2v) is 5.33. The maximum absolute atomic E-state index is 10.9. The number of hydrogen-bond acceptors (Lipinski definition) is 3. The van der Waals surface area contributed by atoms with Crippen molar-refractivity contribution in [2.75, 3.05) is 6.26 Å². The van der Waals surface area contributed by atoms with Crippen molar-refractivity contribution < 1.29 is 18.3 Å². The normalized spacial score (nSPS) is 11.4. The topological polar surface area (TPSA) is 83.5 Å². The third kappa shape index (κ3) is 3.32. The van der Waals surface area contributed by atoms with E-state index in [2.05, 4.69) is 4.72 Å². The molecule has 0 fully saturated rings. The molecule has 1 aromatic carbocycles.